The smallest absolute Gasteiger partial charge is 0.0851 e. The first-order valence-corrected chi connectivity index (χ1v) is 7.92. The van der Waals surface area contributed by atoms with Crippen molar-refractivity contribution in [3.63, 3.8) is 0 Å². The van der Waals surface area contributed by atoms with E-state index in [9.17, 15) is 0 Å². The SMILES string of the molecule is CCOC1(C(Cc2cccc(Cl)c2)NN)CCCCC1. The second-order valence-electron chi connectivity index (χ2n) is 5.61. The van der Waals surface area contributed by atoms with Gasteiger partial charge < -0.3 is 4.74 Å². The molecular formula is C16H25ClN2O. The molecule has 0 amide bonds. The number of rotatable bonds is 6. The van der Waals surface area contributed by atoms with Gasteiger partial charge in [0.2, 0.25) is 0 Å². The van der Waals surface area contributed by atoms with Gasteiger partial charge in [0.15, 0.2) is 0 Å². The Morgan fingerprint density at radius 1 is 1.35 bits per heavy atom. The first-order chi connectivity index (χ1) is 9.70. The van der Waals surface area contributed by atoms with Gasteiger partial charge in [-0.3, -0.25) is 11.3 Å². The van der Waals surface area contributed by atoms with Gasteiger partial charge in [0.25, 0.3) is 0 Å². The summed E-state index contributed by atoms with van der Waals surface area (Å²) in [4.78, 5) is 0. The Kier molecular flexibility index (Phi) is 5.85. The van der Waals surface area contributed by atoms with Gasteiger partial charge >= 0.3 is 0 Å². The summed E-state index contributed by atoms with van der Waals surface area (Å²) in [6.45, 7) is 2.79. The maximum absolute atomic E-state index is 6.15. The molecule has 1 aromatic rings. The average Bonchev–Trinajstić information content (AvgIpc) is 2.46. The van der Waals surface area contributed by atoms with Gasteiger partial charge in [0.1, 0.15) is 0 Å². The fourth-order valence-electron chi connectivity index (χ4n) is 3.33. The highest BCUT2D eigenvalue weighted by Crippen LogP contribution is 2.35. The van der Waals surface area contributed by atoms with Gasteiger partial charge in [0, 0.05) is 11.6 Å². The third kappa shape index (κ3) is 3.73. The Morgan fingerprint density at radius 3 is 2.70 bits per heavy atom. The third-order valence-corrected chi connectivity index (χ3v) is 4.53. The zero-order valence-electron chi connectivity index (χ0n) is 12.2. The monoisotopic (exact) mass is 296 g/mol. The highest BCUT2D eigenvalue weighted by Gasteiger charge is 2.40. The number of hydrogen-bond donors (Lipinski definition) is 2. The zero-order chi connectivity index (χ0) is 14.4. The van der Waals surface area contributed by atoms with E-state index >= 15 is 0 Å². The highest BCUT2D eigenvalue weighted by molar-refractivity contribution is 6.30. The third-order valence-electron chi connectivity index (χ3n) is 4.30. The molecular weight excluding hydrogens is 272 g/mol. The molecule has 0 aromatic heterocycles. The number of hydrazine groups is 1. The van der Waals surface area contributed by atoms with Crippen LogP contribution >= 0.6 is 11.6 Å². The average molecular weight is 297 g/mol. The van der Waals surface area contributed by atoms with Crippen LogP contribution in [0.3, 0.4) is 0 Å². The summed E-state index contributed by atoms with van der Waals surface area (Å²) in [5, 5.41) is 0.771. The van der Waals surface area contributed by atoms with Crippen LogP contribution in [-0.4, -0.2) is 18.2 Å². The predicted octanol–water partition coefficient (Wildman–Crippen LogP) is 3.45. The summed E-state index contributed by atoms with van der Waals surface area (Å²) in [5.74, 6) is 5.84. The highest BCUT2D eigenvalue weighted by atomic mass is 35.5. The van der Waals surface area contributed by atoms with E-state index in [1.54, 1.807) is 0 Å². The number of nitrogens with two attached hydrogens (primary N) is 1. The van der Waals surface area contributed by atoms with Gasteiger partial charge in [-0.15, -0.1) is 0 Å². The molecule has 3 N–H and O–H groups in total. The van der Waals surface area contributed by atoms with Gasteiger partial charge in [-0.1, -0.05) is 43.0 Å². The van der Waals surface area contributed by atoms with Crippen LogP contribution in [0, 0.1) is 0 Å². The van der Waals surface area contributed by atoms with Crippen LogP contribution < -0.4 is 11.3 Å². The van der Waals surface area contributed by atoms with Crippen molar-refractivity contribution in [1.29, 1.82) is 0 Å². The minimum Gasteiger partial charge on any atom is -0.374 e. The van der Waals surface area contributed by atoms with Crippen LogP contribution in [0.15, 0.2) is 24.3 Å². The quantitative estimate of drug-likeness (QED) is 0.624. The maximum Gasteiger partial charge on any atom is 0.0851 e. The standard InChI is InChI=1S/C16H25ClN2O/c1-2-20-16(9-4-3-5-10-16)15(19-18)12-13-7-6-8-14(17)11-13/h6-8,11,15,19H,2-5,9-10,12,18H2,1H3. The number of halogens is 1. The normalized spacial score (nSPS) is 19.8. The van der Waals surface area contributed by atoms with Gasteiger partial charge in [-0.05, 0) is 43.9 Å². The Hall–Kier alpha value is -0.610. The summed E-state index contributed by atoms with van der Waals surface area (Å²) in [7, 11) is 0. The topological polar surface area (TPSA) is 47.3 Å². The molecule has 3 nitrogen and oxygen atoms in total. The van der Waals surface area contributed by atoms with Crippen LogP contribution in [0.2, 0.25) is 5.02 Å². The Labute approximate surface area is 126 Å². The molecule has 0 spiro atoms. The fourth-order valence-corrected chi connectivity index (χ4v) is 3.54. The maximum atomic E-state index is 6.15. The Balaban J connectivity index is 2.15. The van der Waals surface area contributed by atoms with E-state index in [1.165, 1.54) is 24.8 Å². The van der Waals surface area contributed by atoms with Crippen LogP contribution in [-0.2, 0) is 11.2 Å². The molecule has 2 rings (SSSR count). The van der Waals surface area contributed by atoms with E-state index in [1.807, 2.05) is 18.2 Å². The Bertz CT molecular complexity index is 413. The van der Waals surface area contributed by atoms with E-state index in [2.05, 4.69) is 18.4 Å². The predicted molar refractivity (Wildman–Crippen MR) is 83.7 cm³/mol. The first-order valence-electron chi connectivity index (χ1n) is 7.55. The molecule has 1 aromatic carbocycles. The largest absolute Gasteiger partial charge is 0.374 e. The number of ether oxygens (including phenoxy) is 1. The summed E-state index contributed by atoms with van der Waals surface area (Å²) in [6, 6.07) is 8.11. The molecule has 1 atom stereocenters. The molecule has 20 heavy (non-hydrogen) atoms. The van der Waals surface area contributed by atoms with Crippen molar-refractivity contribution in [1.82, 2.24) is 5.43 Å². The minimum absolute atomic E-state index is 0.126. The van der Waals surface area contributed by atoms with E-state index in [4.69, 9.17) is 22.2 Å². The summed E-state index contributed by atoms with van der Waals surface area (Å²) < 4.78 is 6.15. The zero-order valence-corrected chi connectivity index (χ0v) is 13.0. The molecule has 4 heteroatoms. The summed E-state index contributed by atoms with van der Waals surface area (Å²) >= 11 is 6.07. The van der Waals surface area contributed by atoms with Crippen molar-refractivity contribution < 1.29 is 4.74 Å². The van der Waals surface area contributed by atoms with E-state index in [0.29, 0.717) is 0 Å². The lowest BCUT2D eigenvalue weighted by Gasteiger charge is -2.43. The molecule has 1 aliphatic rings. The van der Waals surface area contributed by atoms with Crippen molar-refractivity contribution in [2.45, 2.75) is 57.1 Å². The molecule has 1 fully saturated rings. The number of hydrogen-bond acceptors (Lipinski definition) is 3. The lowest BCUT2D eigenvalue weighted by Crippen LogP contribution is -2.57. The van der Waals surface area contributed by atoms with Crippen molar-refractivity contribution in [3.8, 4) is 0 Å². The molecule has 0 radical (unpaired) electrons. The van der Waals surface area contributed by atoms with Crippen molar-refractivity contribution in [2.24, 2.45) is 5.84 Å². The van der Waals surface area contributed by atoms with Crippen molar-refractivity contribution >= 4 is 11.6 Å². The lowest BCUT2D eigenvalue weighted by molar-refractivity contribution is -0.0898. The molecule has 1 aliphatic carbocycles. The lowest BCUT2D eigenvalue weighted by atomic mass is 9.77. The van der Waals surface area contributed by atoms with Gasteiger partial charge in [-0.25, -0.2) is 0 Å². The molecule has 1 saturated carbocycles. The molecule has 112 valence electrons. The molecule has 0 saturated heterocycles. The fraction of sp³-hybridized carbons (Fsp3) is 0.625. The van der Waals surface area contributed by atoms with Crippen LogP contribution in [0.5, 0.6) is 0 Å². The number of nitrogens with one attached hydrogen (secondary N) is 1. The first kappa shape index (κ1) is 15.8. The molecule has 1 unspecified atom stereocenters. The van der Waals surface area contributed by atoms with Gasteiger partial charge in [-0.2, -0.15) is 0 Å². The molecule has 0 aliphatic heterocycles. The summed E-state index contributed by atoms with van der Waals surface area (Å²) in [5.41, 5.74) is 4.06. The van der Waals surface area contributed by atoms with Crippen LogP contribution in [0.4, 0.5) is 0 Å². The molecule has 0 heterocycles. The minimum atomic E-state index is -0.135. The second-order valence-corrected chi connectivity index (χ2v) is 6.05. The molecule has 0 bridgehead atoms. The van der Waals surface area contributed by atoms with E-state index in [0.717, 1.165) is 30.9 Å². The summed E-state index contributed by atoms with van der Waals surface area (Å²) in [6.07, 6.45) is 6.73. The van der Waals surface area contributed by atoms with E-state index in [-0.39, 0.29) is 11.6 Å². The van der Waals surface area contributed by atoms with E-state index < -0.39 is 0 Å². The second kappa shape index (κ2) is 7.41. The Morgan fingerprint density at radius 2 is 2.10 bits per heavy atom. The van der Waals surface area contributed by atoms with Crippen molar-refractivity contribution in [3.05, 3.63) is 34.9 Å². The van der Waals surface area contributed by atoms with Crippen LogP contribution in [0.1, 0.15) is 44.6 Å². The number of benzene rings is 1. The van der Waals surface area contributed by atoms with Crippen LogP contribution in [0.25, 0.3) is 0 Å². The van der Waals surface area contributed by atoms with Crippen molar-refractivity contribution in [2.75, 3.05) is 6.61 Å². The van der Waals surface area contributed by atoms with Gasteiger partial charge in [0.05, 0.1) is 11.6 Å².